The first kappa shape index (κ1) is 27.7. The largest absolute Gasteiger partial charge is 0.443 e. The second kappa shape index (κ2) is 11.0. The van der Waals surface area contributed by atoms with Crippen molar-refractivity contribution in [2.75, 3.05) is 22.9 Å². The minimum Gasteiger partial charge on any atom is -0.443 e. The summed E-state index contributed by atoms with van der Waals surface area (Å²) in [7, 11) is 0. The Bertz CT molecular complexity index is 1160. The van der Waals surface area contributed by atoms with Gasteiger partial charge in [-0.3, -0.25) is 14.5 Å². The number of primary amides is 1. The zero-order chi connectivity index (χ0) is 26.8. The highest BCUT2D eigenvalue weighted by atomic mass is 35.5. The highest BCUT2D eigenvalue weighted by Crippen LogP contribution is 2.40. The van der Waals surface area contributed by atoms with E-state index in [2.05, 4.69) is 0 Å². The molecule has 3 amide bonds. The molecule has 2 N–H and O–H groups in total. The number of carbonyl (C=O) groups is 3. The van der Waals surface area contributed by atoms with Gasteiger partial charge >= 0.3 is 6.09 Å². The SMILES string of the molecule is CC(C)(C)OC(=O)N(CC(N)=O)c1cc(Cl)c(N2CC(Cc3ccc(F)cc3F)CCC2=O)c(Cl)c1. The van der Waals surface area contributed by atoms with E-state index in [0.717, 1.165) is 11.0 Å². The average molecular weight is 542 g/mol. The summed E-state index contributed by atoms with van der Waals surface area (Å²) in [4.78, 5) is 39.5. The standard InChI is InChI=1S/C25H27Cl2F2N3O4/c1-25(2,3)36-24(35)31(13-21(30)33)17-10-18(26)23(19(27)11-17)32-12-14(4-7-22(32)34)8-15-5-6-16(28)9-20(15)29/h5-6,9-11,14H,4,7-8,12-13H2,1-3H3,(H2,30,33). The first-order chi connectivity index (χ1) is 16.7. The number of anilines is 2. The summed E-state index contributed by atoms with van der Waals surface area (Å²) in [5, 5.41) is 0.134. The number of nitrogens with zero attached hydrogens (tertiary/aromatic N) is 2. The fourth-order valence-corrected chi connectivity index (χ4v) is 4.67. The molecule has 2 aromatic rings. The minimum atomic E-state index is -0.834. The Balaban J connectivity index is 1.89. The molecule has 0 spiro atoms. The molecule has 194 valence electrons. The first-order valence-electron chi connectivity index (χ1n) is 11.3. The summed E-state index contributed by atoms with van der Waals surface area (Å²) in [6.07, 6.45) is 0.184. The van der Waals surface area contributed by atoms with Crippen LogP contribution in [0.4, 0.5) is 25.0 Å². The van der Waals surface area contributed by atoms with Crippen molar-refractivity contribution in [3.63, 3.8) is 0 Å². The number of rotatable bonds is 6. The van der Waals surface area contributed by atoms with Crippen LogP contribution in [0.25, 0.3) is 0 Å². The molecule has 0 bridgehead atoms. The fourth-order valence-electron chi connectivity index (χ4n) is 3.99. The summed E-state index contributed by atoms with van der Waals surface area (Å²) in [6, 6.07) is 6.21. The van der Waals surface area contributed by atoms with Crippen molar-refractivity contribution in [2.24, 2.45) is 11.7 Å². The van der Waals surface area contributed by atoms with Crippen molar-refractivity contribution in [3.05, 3.63) is 57.6 Å². The molecule has 2 aromatic carbocycles. The average Bonchev–Trinajstić information content (AvgIpc) is 2.74. The lowest BCUT2D eigenvalue weighted by molar-refractivity contribution is -0.120. The Morgan fingerprint density at radius 2 is 1.81 bits per heavy atom. The van der Waals surface area contributed by atoms with Gasteiger partial charge in [-0.05, 0) is 63.3 Å². The Morgan fingerprint density at radius 3 is 2.36 bits per heavy atom. The van der Waals surface area contributed by atoms with Crippen LogP contribution in [0.15, 0.2) is 30.3 Å². The quantitative estimate of drug-likeness (QED) is 0.523. The highest BCUT2D eigenvalue weighted by Gasteiger charge is 2.32. The van der Waals surface area contributed by atoms with Crippen molar-refractivity contribution in [3.8, 4) is 0 Å². The predicted molar refractivity (Wildman–Crippen MR) is 134 cm³/mol. The molecule has 0 saturated carbocycles. The molecule has 0 radical (unpaired) electrons. The van der Waals surface area contributed by atoms with Crippen LogP contribution >= 0.6 is 23.2 Å². The number of hydrogen-bond acceptors (Lipinski definition) is 4. The topological polar surface area (TPSA) is 92.9 Å². The molecule has 36 heavy (non-hydrogen) atoms. The van der Waals surface area contributed by atoms with Gasteiger partial charge in [-0.15, -0.1) is 0 Å². The van der Waals surface area contributed by atoms with Crippen molar-refractivity contribution >= 4 is 52.5 Å². The van der Waals surface area contributed by atoms with Gasteiger partial charge in [0.15, 0.2) is 0 Å². The van der Waals surface area contributed by atoms with E-state index in [-0.39, 0.29) is 46.2 Å². The zero-order valence-electron chi connectivity index (χ0n) is 20.1. The Labute approximate surface area is 218 Å². The van der Waals surface area contributed by atoms with Gasteiger partial charge in [-0.1, -0.05) is 29.3 Å². The third-order valence-corrected chi connectivity index (χ3v) is 6.12. The number of carbonyl (C=O) groups excluding carboxylic acids is 3. The van der Waals surface area contributed by atoms with Gasteiger partial charge in [0.1, 0.15) is 23.8 Å². The minimum absolute atomic E-state index is 0.0671. The smallest absolute Gasteiger partial charge is 0.415 e. The van der Waals surface area contributed by atoms with Crippen LogP contribution in [0.3, 0.4) is 0 Å². The number of nitrogens with two attached hydrogens (primary N) is 1. The molecular formula is C25H27Cl2F2N3O4. The Morgan fingerprint density at radius 1 is 1.17 bits per heavy atom. The lowest BCUT2D eigenvalue weighted by Gasteiger charge is -2.34. The summed E-state index contributed by atoms with van der Waals surface area (Å²) in [5.74, 6) is -2.42. The predicted octanol–water partition coefficient (Wildman–Crippen LogP) is 5.48. The molecule has 11 heteroatoms. The Hall–Kier alpha value is -2.91. The van der Waals surface area contributed by atoms with E-state index in [9.17, 15) is 23.2 Å². The number of piperidine rings is 1. The van der Waals surface area contributed by atoms with E-state index < -0.39 is 35.8 Å². The van der Waals surface area contributed by atoms with Crippen LogP contribution in [0.5, 0.6) is 0 Å². The fraction of sp³-hybridized carbons (Fsp3) is 0.400. The Kier molecular flexibility index (Phi) is 8.46. The number of hydrogen-bond donors (Lipinski definition) is 1. The number of benzene rings is 2. The molecule has 1 saturated heterocycles. The van der Waals surface area contributed by atoms with E-state index in [1.165, 1.54) is 29.2 Å². The molecule has 1 atom stereocenters. The molecule has 1 heterocycles. The summed E-state index contributed by atoms with van der Waals surface area (Å²) >= 11 is 13.1. The van der Waals surface area contributed by atoms with Crippen molar-refractivity contribution in [1.29, 1.82) is 0 Å². The van der Waals surface area contributed by atoms with Gasteiger partial charge in [0.2, 0.25) is 11.8 Å². The maximum absolute atomic E-state index is 14.2. The molecule has 0 aliphatic carbocycles. The maximum Gasteiger partial charge on any atom is 0.415 e. The monoisotopic (exact) mass is 541 g/mol. The second-order valence-electron chi connectivity index (χ2n) is 9.64. The van der Waals surface area contributed by atoms with E-state index in [1.807, 2.05) is 0 Å². The number of amides is 3. The van der Waals surface area contributed by atoms with E-state index in [1.54, 1.807) is 20.8 Å². The molecule has 0 aromatic heterocycles. The molecule has 3 rings (SSSR count). The van der Waals surface area contributed by atoms with Gasteiger partial charge in [-0.25, -0.2) is 13.6 Å². The zero-order valence-corrected chi connectivity index (χ0v) is 21.6. The first-order valence-corrected chi connectivity index (χ1v) is 12.0. The highest BCUT2D eigenvalue weighted by molar-refractivity contribution is 6.40. The lowest BCUT2D eigenvalue weighted by Crippen LogP contribution is -2.42. The molecule has 7 nitrogen and oxygen atoms in total. The van der Waals surface area contributed by atoms with Gasteiger partial charge in [0.05, 0.1) is 21.4 Å². The van der Waals surface area contributed by atoms with E-state index in [4.69, 9.17) is 33.7 Å². The van der Waals surface area contributed by atoms with E-state index in [0.29, 0.717) is 18.4 Å². The van der Waals surface area contributed by atoms with Crippen molar-refractivity contribution in [2.45, 2.75) is 45.6 Å². The summed E-state index contributed by atoms with van der Waals surface area (Å²) in [5.41, 5.74) is 5.23. The van der Waals surface area contributed by atoms with Crippen LogP contribution in [-0.4, -0.2) is 36.6 Å². The summed E-state index contributed by atoms with van der Waals surface area (Å²) < 4.78 is 32.8. The lowest BCUT2D eigenvalue weighted by atomic mass is 9.90. The third kappa shape index (κ3) is 6.85. The van der Waals surface area contributed by atoms with Gasteiger partial charge in [0.25, 0.3) is 0 Å². The van der Waals surface area contributed by atoms with Crippen LogP contribution in [0.2, 0.25) is 10.0 Å². The normalized spacial score (nSPS) is 16.1. The number of halogens is 4. The molecule has 1 aliphatic heterocycles. The van der Waals surface area contributed by atoms with Crippen molar-refractivity contribution in [1.82, 2.24) is 0 Å². The van der Waals surface area contributed by atoms with Crippen LogP contribution < -0.4 is 15.5 Å². The van der Waals surface area contributed by atoms with Gasteiger partial charge in [-0.2, -0.15) is 0 Å². The number of ether oxygens (including phenoxy) is 1. The van der Waals surface area contributed by atoms with Gasteiger partial charge < -0.3 is 15.4 Å². The molecule has 1 aliphatic rings. The van der Waals surface area contributed by atoms with Crippen LogP contribution in [0.1, 0.15) is 39.2 Å². The van der Waals surface area contributed by atoms with Gasteiger partial charge in [0, 0.05) is 19.0 Å². The maximum atomic E-state index is 14.2. The molecular weight excluding hydrogens is 515 g/mol. The van der Waals surface area contributed by atoms with E-state index >= 15 is 0 Å². The van der Waals surface area contributed by atoms with Crippen LogP contribution in [0, 0.1) is 17.6 Å². The van der Waals surface area contributed by atoms with Crippen LogP contribution in [-0.2, 0) is 20.7 Å². The van der Waals surface area contributed by atoms with Crippen molar-refractivity contribution < 1.29 is 27.9 Å². The molecule has 1 unspecified atom stereocenters. The summed E-state index contributed by atoms with van der Waals surface area (Å²) in [6.45, 7) is 4.76. The second-order valence-corrected chi connectivity index (χ2v) is 10.5. The third-order valence-electron chi connectivity index (χ3n) is 5.54. The molecule has 1 fully saturated rings.